The molecule has 0 radical (unpaired) electrons. The van der Waals surface area contributed by atoms with Crippen LogP contribution in [0.2, 0.25) is 5.02 Å². The van der Waals surface area contributed by atoms with E-state index >= 15 is 0 Å². The number of nitrogens with one attached hydrogen (secondary N) is 2. The molecule has 2 aromatic carbocycles. The first-order chi connectivity index (χ1) is 13.5. The van der Waals surface area contributed by atoms with Gasteiger partial charge in [0.25, 0.3) is 11.8 Å². The maximum atomic E-state index is 12.8. The molecular formula is C21H20ClN3O3. The van der Waals surface area contributed by atoms with Crippen LogP contribution >= 0.6 is 11.6 Å². The number of carbonyl (C=O) groups is 3. The van der Waals surface area contributed by atoms with Gasteiger partial charge in [-0.05, 0) is 61.7 Å². The maximum Gasteiger partial charge on any atom is 0.257 e. The van der Waals surface area contributed by atoms with Crippen molar-refractivity contribution in [3.63, 3.8) is 0 Å². The Labute approximate surface area is 167 Å². The summed E-state index contributed by atoms with van der Waals surface area (Å²) in [4.78, 5) is 38.6. The number of halogens is 1. The van der Waals surface area contributed by atoms with Crippen LogP contribution in [0.3, 0.4) is 0 Å². The number of hydrogen-bond donors (Lipinski definition) is 2. The summed E-state index contributed by atoms with van der Waals surface area (Å²) in [6.45, 7) is 0.574. The van der Waals surface area contributed by atoms with E-state index in [4.69, 9.17) is 11.6 Å². The Hall–Kier alpha value is -2.86. The third-order valence-corrected chi connectivity index (χ3v) is 5.12. The standard InChI is InChI=1S/C21H20ClN3O3/c22-14-5-10-17(18(12-14)25-11-1-2-19(25)26)21(28)24-15-6-3-13(4-7-15)20(27)23-16-8-9-16/h3-7,10,12,16H,1-2,8-9,11H2,(H,23,27)(H,24,28). The number of anilines is 2. The largest absolute Gasteiger partial charge is 0.349 e. The predicted molar refractivity (Wildman–Crippen MR) is 108 cm³/mol. The quantitative estimate of drug-likeness (QED) is 0.808. The van der Waals surface area contributed by atoms with Crippen LogP contribution in [-0.4, -0.2) is 30.3 Å². The molecule has 1 aliphatic carbocycles. The Bertz CT molecular complexity index is 938. The Balaban J connectivity index is 1.50. The Kier molecular flexibility index (Phi) is 5.05. The van der Waals surface area contributed by atoms with Gasteiger partial charge in [0.15, 0.2) is 0 Å². The van der Waals surface area contributed by atoms with Crippen molar-refractivity contribution >= 4 is 40.7 Å². The van der Waals surface area contributed by atoms with Gasteiger partial charge in [-0.25, -0.2) is 0 Å². The summed E-state index contributed by atoms with van der Waals surface area (Å²) in [5.74, 6) is -0.447. The molecule has 3 amide bonds. The average molecular weight is 398 g/mol. The molecule has 28 heavy (non-hydrogen) atoms. The first-order valence-electron chi connectivity index (χ1n) is 9.33. The monoisotopic (exact) mass is 397 g/mol. The molecule has 0 spiro atoms. The van der Waals surface area contributed by atoms with E-state index in [1.54, 1.807) is 47.4 Å². The molecular weight excluding hydrogens is 378 g/mol. The molecule has 0 unspecified atom stereocenters. The lowest BCUT2D eigenvalue weighted by atomic mass is 10.1. The van der Waals surface area contributed by atoms with Crippen LogP contribution in [0.1, 0.15) is 46.4 Å². The minimum absolute atomic E-state index is 0.0117. The van der Waals surface area contributed by atoms with Gasteiger partial charge in [0.1, 0.15) is 0 Å². The normalized spacial score (nSPS) is 16.2. The second kappa shape index (κ2) is 7.64. The van der Waals surface area contributed by atoms with Gasteiger partial charge < -0.3 is 15.5 Å². The molecule has 2 fully saturated rings. The van der Waals surface area contributed by atoms with Crippen molar-refractivity contribution in [2.24, 2.45) is 0 Å². The first kappa shape index (κ1) is 18.5. The molecule has 1 heterocycles. The molecule has 6 nitrogen and oxygen atoms in total. The lowest BCUT2D eigenvalue weighted by Crippen LogP contribution is -2.27. The van der Waals surface area contributed by atoms with Crippen molar-refractivity contribution in [3.8, 4) is 0 Å². The second-order valence-corrected chi connectivity index (χ2v) is 7.53. The van der Waals surface area contributed by atoms with Gasteiger partial charge in [0.2, 0.25) is 5.91 Å². The van der Waals surface area contributed by atoms with E-state index < -0.39 is 0 Å². The van der Waals surface area contributed by atoms with E-state index in [-0.39, 0.29) is 17.7 Å². The predicted octanol–water partition coefficient (Wildman–Crippen LogP) is 3.61. The van der Waals surface area contributed by atoms with Crippen LogP contribution in [0.25, 0.3) is 0 Å². The van der Waals surface area contributed by atoms with Crippen LogP contribution in [0.4, 0.5) is 11.4 Å². The Morgan fingerprint density at radius 2 is 1.79 bits per heavy atom. The number of nitrogens with zero attached hydrogens (tertiary/aromatic N) is 1. The molecule has 2 aromatic rings. The number of hydrogen-bond acceptors (Lipinski definition) is 3. The molecule has 0 atom stereocenters. The minimum Gasteiger partial charge on any atom is -0.349 e. The zero-order chi connectivity index (χ0) is 19.7. The third kappa shape index (κ3) is 4.02. The number of carbonyl (C=O) groups excluding carboxylic acids is 3. The Morgan fingerprint density at radius 3 is 2.43 bits per heavy atom. The maximum absolute atomic E-state index is 12.8. The fourth-order valence-electron chi connectivity index (χ4n) is 3.22. The molecule has 2 aliphatic rings. The molecule has 7 heteroatoms. The summed E-state index contributed by atoms with van der Waals surface area (Å²) in [6.07, 6.45) is 3.29. The molecule has 2 N–H and O–H groups in total. The highest BCUT2D eigenvalue weighted by Crippen LogP contribution is 2.29. The SMILES string of the molecule is O=C(NC1CC1)c1ccc(NC(=O)c2ccc(Cl)cc2N2CCCC2=O)cc1. The molecule has 0 aromatic heterocycles. The number of benzene rings is 2. The summed E-state index contributed by atoms with van der Waals surface area (Å²) in [7, 11) is 0. The highest BCUT2D eigenvalue weighted by Gasteiger charge is 2.26. The molecule has 144 valence electrons. The third-order valence-electron chi connectivity index (χ3n) is 4.89. The fourth-order valence-corrected chi connectivity index (χ4v) is 3.39. The van der Waals surface area contributed by atoms with Gasteiger partial charge in [-0.15, -0.1) is 0 Å². The minimum atomic E-state index is -0.332. The lowest BCUT2D eigenvalue weighted by Gasteiger charge is -2.19. The van der Waals surface area contributed by atoms with Gasteiger partial charge in [-0.3, -0.25) is 14.4 Å². The Morgan fingerprint density at radius 1 is 1.04 bits per heavy atom. The molecule has 4 rings (SSSR count). The van der Waals surface area contributed by atoms with E-state index in [9.17, 15) is 14.4 Å². The van der Waals surface area contributed by atoms with E-state index in [1.165, 1.54) is 0 Å². The topological polar surface area (TPSA) is 78.5 Å². The van der Waals surface area contributed by atoms with Gasteiger partial charge in [0.05, 0.1) is 11.3 Å². The highest BCUT2D eigenvalue weighted by molar-refractivity contribution is 6.31. The van der Waals surface area contributed by atoms with E-state index in [0.717, 1.165) is 19.3 Å². The van der Waals surface area contributed by atoms with E-state index in [0.29, 0.717) is 46.5 Å². The van der Waals surface area contributed by atoms with Crippen LogP contribution < -0.4 is 15.5 Å². The average Bonchev–Trinajstić information content (AvgIpc) is 3.39. The smallest absolute Gasteiger partial charge is 0.257 e. The summed E-state index contributed by atoms with van der Waals surface area (Å²) in [5.41, 5.74) is 2.03. The van der Waals surface area contributed by atoms with Crippen LogP contribution in [0, 0.1) is 0 Å². The molecule has 1 saturated carbocycles. The summed E-state index contributed by atoms with van der Waals surface area (Å²) in [6, 6.07) is 11.9. The number of amides is 3. The van der Waals surface area contributed by atoms with Crippen molar-refractivity contribution in [1.82, 2.24) is 5.32 Å². The molecule has 1 saturated heterocycles. The summed E-state index contributed by atoms with van der Waals surface area (Å²) in [5, 5.41) is 6.22. The van der Waals surface area contributed by atoms with Gasteiger partial charge >= 0.3 is 0 Å². The first-order valence-corrected chi connectivity index (χ1v) is 9.71. The zero-order valence-electron chi connectivity index (χ0n) is 15.2. The van der Waals surface area contributed by atoms with Crippen molar-refractivity contribution < 1.29 is 14.4 Å². The van der Waals surface area contributed by atoms with Crippen molar-refractivity contribution in [1.29, 1.82) is 0 Å². The second-order valence-electron chi connectivity index (χ2n) is 7.09. The summed E-state index contributed by atoms with van der Waals surface area (Å²) < 4.78 is 0. The number of rotatable bonds is 5. The van der Waals surface area contributed by atoms with Gasteiger partial charge in [-0.2, -0.15) is 0 Å². The van der Waals surface area contributed by atoms with Crippen LogP contribution in [0.5, 0.6) is 0 Å². The zero-order valence-corrected chi connectivity index (χ0v) is 16.0. The van der Waals surface area contributed by atoms with Crippen LogP contribution in [-0.2, 0) is 4.79 Å². The van der Waals surface area contributed by atoms with Crippen molar-refractivity contribution in [2.75, 3.05) is 16.8 Å². The van der Waals surface area contributed by atoms with E-state index in [1.807, 2.05) is 0 Å². The lowest BCUT2D eigenvalue weighted by molar-refractivity contribution is -0.117. The highest BCUT2D eigenvalue weighted by atomic mass is 35.5. The molecule has 1 aliphatic heterocycles. The van der Waals surface area contributed by atoms with E-state index in [2.05, 4.69) is 10.6 Å². The fraction of sp³-hybridized carbons (Fsp3) is 0.286. The summed E-state index contributed by atoms with van der Waals surface area (Å²) >= 11 is 6.09. The van der Waals surface area contributed by atoms with Crippen molar-refractivity contribution in [2.45, 2.75) is 31.7 Å². The van der Waals surface area contributed by atoms with Gasteiger partial charge in [0, 0.05) is 35.3 Å². The van der Waals surface area contributed by atoms with Crippen molar-refractivity contribution in [3.05, 3.63) is 58.6 Å². The molecule has 0 bridgehead atoms. The van der Waals surface area contributed by atoms with Gasteiger partial charge in [-0.1, -0.05) is 11.6 Å². The van der Waals surface area contributed by atoms with Crippen LogP contribution in [0.15, 0.2) is 42.5 Å².